The standard InChI is InChI=1S/C19H20N4O4S/c1-26-13-8-7-11-9-20-23(18(25)16(11)17(13)27-2)10-15(24)22-19-21-12-5-3-4-6-14(12)28-19/h7-9H,3-6,10H2,1-2H3,(H,21,22,24). The molecule has 28 heavy (non-hydrogen) atoms. The van der Waals surface area contributed by atoms with Crippen LogP contribution >= 0.6 is 11.3 Å². The molecule has 8 nitrogen and oxygen atoms in total. The summed E-state index contributed by atoms with van der Waals surface area (Å²) in [6.45, 7) is -0.209. The molecule has 4 rings (SSSR count). The fraction of sp³-hybridized carbons (Fsp3) is 0.368. The Bertz CT molecular complexity index is 1080. The number of hydrogen-bond donors (Lipinski definition) is 1. The molecule has 0 spiro atoms. The molecule has 1 aliphatic rings. The summed E-state index contributed by atoms with van der Waals surface area (Å²) in [5.41, 5.74) is 0.659. The summed E-state index contributed by atoms with van der Waals surface area (Å²) in [5, 5.41) is 8.42. The minimum atomic E-state index is -0.415. The van der Waals surface area contributed by atoms with Crippen LogP contribution in [-0.4, -0.2) is 34.9 Å². The quantitative estimate of drug-likeness (QED) is 0.707. The smallest absolute Gasteiger partial charge is 0.279 e. The lowest BCUT2D eigenvalue weighted by Gasteiger charge is -2.11. The number of hydrogen-bond acceptors (Lipinski definition) is 7. The van der Waals surface area contributed by atoms with Gasteiger partial charge in [-0.25, -0.2) is 9.67 Å². The van der Waals surface area contributed by atoms with Gasteiger partial charge in [0.25, 0.3) is 5.56 Å². The van der Waals surface area contributed by atoms with Gasteiger partial charge in [0, 0.05) is 10.3 Å². The third kappa shape index (κ3) is 3.33. The molecule has 0 saturated heterocycles. The van der Waals surface area contributed by atoms with Crippen molar-refractivity contribution in [2.24, 2.45) is 0 Å². The molecule has 3 aromatic rings. The van der Waals surface area contributed by atoms with Gasteiger partial charge >= 0.3 is 0 Å². The van der Waals surface area contributed by atoms with E-state index in [1.807, 2.05) is 0 Å². The zero-order valence-electron chi connectivity index (χ0n) is 15.7. The SMILES string of the molecule is COc1ccc2cnn(CC(=O)Nc3nc4c(s3)CCCC4)c(=O)c2c1OC. The molecule has 1 aromatic carbocycles. The van der Waals surface area contributed by atoms with E-state index in [4.69, 9.17) is 9.47 Å². The Morgan fingerprint density at radius 2 is 2.07 bits per heavy atom. The van der Waals surface area contributed by atoms with Crippen LogP contribution in [0.2, 0.25) is 0 Å². The number of methoxy groups -OCH3 is 2. The van der Waals surface area contributed by atoms with Gasteiger partial charge < -0.3 is 14.8 Å². The van der Waals surface area contributed by atoms with Crippen LogP contribution in [0.5, 0.6) is 11.5 Å². The molecule has 0 unspecified atom stereocenters. The highest BCUT2D eigenvalue weighted by atomic mass is 32.1. The summed E-state index contributed by atoms with van der Waals surface area (Å²) < 4.78 is 11.7. The molecule has 9 heteroatoms. The summed E-state index contributed by atoms with van der Waals surface area (Å²) in [6, 6.07) is 3.44. The topological polar surface area (TPSA) is 95.3 Å². The molecular weight excluding hydrogens is 380 g/mol. The van der Waals surface area contributed by atoms with Gasteiger partial charge in [0.1, 0.15) is 6.54 Å². The van der Waals surface area contributed by atoms with Crippen LogP contribution in [0.4, 0.5) is 5.13 Å². The number of ether oxygens (including phenoxy) is 2. The predicted octanol–water partition coefficient (Wildman–Crippen LogP) is 2.39. The van der Waals surface area contributed by atoms with Crippen molar-refractivity contribution in [3.05, 3.63) is 39.3 Å². The zero-order valence-corrected chi connectivity index (χ0v) is 16.5. The van der Waals surface area contributed by atoms with Crippen molar-refractivity contribution in [3.63, 3.8) is 0 Å². The maximum atomic E-state index is 12.9. The summed E-state index contributed by atoms with van der Waals surface area (Å²) in [4.78, 5) is 31.1. The van der Waals surface area contributed by atoms with Crippen LogP contribution in [0.1, 0.15) is 23.4 Å². The van der Waals surface area contributed by atoms with E-state index in [9.17, 15) is 9.59 Å². The first-order valence-corrected chi connectivity index (χ1v) is 9.81. The van der Waals surface area contributed by atoms with Crippen molar-refractivity contribution in [3.8, 4) is 11.5 Å². The number of nitrogens with one attached hydrogen (secondary N) is 1. The number of anilines is 1. The summed E-state index contributed by atoms with van der Waals surface area (Å²) in [6.07, 6.45) is 5.79. The van der Waals surface area contributed by atoms with Crippen molar-refractivity contribution in [2.75, 3.05) is 19.5 Å². The Morgan fingerprint density at radius 3 is 2.82 bits per heavy atom. The number of benzene rings is 1. The fourth-order valence-corrected chi connectivity index (χ4v) is 4.46. The minimum Gasteiger partial charge on any atom is -0.493 e. The largest absolute Gasteiger partial charge is 0.493 e. The summed E-state index contributed by atoms with van der Waals surface area (Å²) in [5.74, 6) is 0.429. The van der Waals surface area contributed by atoms with E-state index in [1.54, 1.807) is 12.1 Å². The molecule has 0 aliphatic heterocycles. The molecule has 0 radical (unpaired) electrons. The number of carbonyl (C=O) groups is 1. The van der Waals surface area contributed by atoms with Crippen molar-refractivity contribution in [2.45, 2.75) is 32.2 Å². The van der Waals surface area contributed by atoms with E-state index in [2.05, 4.69) is 15.4 Å². The van der Waals surface area contributed by atoms with Crippen LogP contribution in [0.3, 0.4) is 0 Å². The van der Waals surface area contributed by atoms with Crippen LogP contribution < -0.4 is 20.3 Å². The first-order chi connectivity index (χ1) is 13.6. The average molecular weight is 400 g/mol. The van der Waals surface area contributed by atoms with Crippen molar-refractivity contribution < 1.29 is 14.3 Å². The normalized spacial score (nSPS) is 13.2. The third-order valence-corrected chi connectivity index (χ3v) is 5.82. The highest BCUT2D eigenvalue weighted by Crippen LogP contribution is 2.33. The second-order valence-corrected chi connectivity index (χ2v) is 7.60. The number of fused-ring (bicyclic) bond motifs is 2. The van der Waals surface area contributed by atoms with Crippen molar-refractivity contribution in [1.29, 1.82) is 0 Å². The lowest BCUT2D eigenvalue weighted by molar-refractivity contribution is -0.117. The van der Waals surface area contributed by atoms with E-state index < -0.39 is 5.56 Å². The van der Waals surface area contributed by atoms with Gasteiger partial charge in [-0.1, -0.05) is 0 Å². The van der Waals surface area contributed by atoms with Gasteiger partial charge in [-0.05, 0) is 37.8 Å². The average Bonchev–Trinajstić information content (AvgIpc) is 3.11. The van der Waals surface area contributed by atoms with Gasteiger partial charge in [-0.3, -0.25) is 9.59 Å². The Balaban J connectivity index is 1.60. The number of thiazole rings is 1. The van der Waals surface area contributed by atoms with Crippen LogP contribution in [0.15, 0.2) is 23.1 Å². The number of amides is 1. The Kier molecular flexibility index (Phi) is 4.99. The van der Waals surface area contributed by atoms with Gasteiger partial charge in [0.05, 0.1) is 31.5 Å². The molecule has 0 fully saturated rings. The maximum Gasteiger partial charge on any atom is 0.279 e. The Hall–Kier alpha value is -2.94. The number of aryl methyl sites for hydroxylation is 2. The highest BCUT2D eigenvalue weighted by molar-refractivity contribution is 7.15. The Morgan fingerprint density at radius 1 is 1.25 bits per heavy atom. The number of carbonyl (C=O) groups excluding carboxylic acids is 1. The van der Waals surface area contributed by atoms with Gasteiger partial charge in [0.2, 0.25) is 5.91 Å². The zero-order chi connectivity index (χ0) is 19.7. The minimum absolute atomic E-state index is 0.209. The van der Waals surface area contributed by atoms with Crippen LogP contribution in [0.25, 0.3) is 10.8 Å². The highest BCUT2D eigenvalue weighted by Gasteiger charge is 2.18. The molecule has 146 valence electrons. The van der Waals surface area contributed by atoms with Gasteiger partial charge in [-0.2, -0.15) is 5.10 Å². The van der Waals surface area contributed by atoms with E-state index in [-0.39, 0.29) is 12.5 Å². The third-order valence-electron chi connectivity index (χ3n) is 4.75. The number of nitrogens with zero attached hydrogens (tertiary/aromatic N) is 3. The molecule has 1 aliphatic carbocycles. The Labute approximate surface area is 165 Å². The van der Waals surface area contributed by atoms with E-state index in [0.29, 0.717) is 27.4 Å². The first kappa shape index (κ1) is 18.4. The van der Waals surface area contributed by atoms with Crippen LogP contribution in [0, 0.1) is 0 Å². The summed E-state index contributed by atoms with van der Waals surface area (Å²) >= 11 is 1.50. The lowest BCUT2D eigenvalue weighted by atomic mass is 10.0. The molecule has 2 heterocycles. The summed E-state index contributed by atoms with van der Waals surface area (Å²) in [7, 11) is 2.98. The molecule has 1 N–H and O–H groups in total. The number of aromatic nitrogens is 3. The van der Waals surface area contributed by atoms with Crippen LogP contribution in [-0.2, 0) is 24.2 Å². The van der Waals surface area contributed by atoms with Gasteiger partial charge in [0.15, 0.2) is 16.6 Å². The van der Waals surface area contributed by atoms with E-state index in [1.165, 1.54) is 36.6 Å². The molecular formula is C19H20N4O4S. The molecule has 0 saturated carbocycles. The predicted molar refractivity (Wildman–Crippen MR) is 106 cm³/mol. The monoisotopic (exact) mass is 400 g/mol. The second-order valence-electron chi connectivity index (χ2n) is 6.52. The van der Waals surface area contributed by atoms with E-state index >= 15 is 0 Å². The van der Waals surface area contributed by atoms with Crippen molar-refractivity contribution in [1.82, 2.24) is 14.8 Å². The fourth-order valence-electron chi connectivity index (χ4n) is 3.40. The van der Waals surface area contributed by atoms with E-state index in [0.717, 1.165) is 36.1 Å². The molecule has 0 bridgehead atoms. The van der Waals surface area contributed by atoms with Gasteiger partial charge in [-0.15, -0.1) is 11.3 Å². The molecule has 2 aromatic heterocycles. The first-order valence-electron chi connectivity index (χ1n) is 9.00. The second kappa shape index (κ2) is 7.59. The molecule has 1 amide bonds. The maximum absolute atomic E-state index is 12.9. The van der Waals surface area contributed by atoms with Crippen molar-refractivity contribution >= 4 is 33.1 Å². The number of rotatable bonds is 5. The lowest BCUT2D eigenvalue weighted by Crippen LogP contribution is -2.29. The molecule has 0 atom stereocenters.